The molecule has 0 aliphatic heterocycles. The van der Waals surface area contributed by atoms with Crippen LogP contribution >= 0.6 is 0 Å². The second kappa shape index (κ2) is 5.37. The number of nitriles is 1. The Balaban J connectivity index is 3.03. The van der Waals surface area contributed by atoms with Crippen LogP contribution in [0.15, 0.2) is 34.5 Å². The SMILES string of the molecule is N#C[C@H](N=Nc1ccccc1C(=O)O)C(N)=O. The molecule has 17 heavy (non-hydrogen) atoms. The summed E-state index contributed by atoms with van der Waals surface area (Å²) in [6, 6.07) is 5.95. The first kappa shape index (κ1) is 12.3. The van der Waals surface area contributed by atoms with Crippen LogP contribution in [-0.2, 0) is 4.79 Å². The summed E-state index contributed by atoms with van der Waals surface area (Å²) in [7, 11) is 0. The summed E-state index contributed by atoms with van der Waals surface area (Å²) >= 11 is 0. The highest BCUT2D eigenvalue weighted by molar-refractivity contribution is 5.93. The molecule has 0 saturated heterocycles. The molecule has 0 bridgehead atoms. The minimum atomic E-state index is -1.42. The molecule has 3 N–H and O–H groups in total. The van der Waals surface area contributed by atoms with Gasteiger partial charge in [-0.3, -0.25) is 4.79 Å². The van der Waals surface area contributed by atoms with Crippen molar-refractivity contribution >= 4 is 17.6 Å². The number of aromatic carboxylic acids is 1. The van der Waals surface area contributed by atoms with Crippen molar-refractivity contribution in [1.82, 2.24) is 0 Å². The minimum absolute atomic E-state index is 0.0569. The number of primary amides is 1. The summed E-state index contributed by atoms with van der Waals surface area (Å²) in [5.41, 5.74) is 4.86. The van der Waals surface area contributed by atoms with Crippen molar-refractivity contribution in [2.24, 2.45) is 16.0 Å². The van der Waals surface area contributed by atoms with E-state index in [4.69, 9.17) is 16.1 Å². The summed E-state index contributed by atoms with van der Waals surface area (Å²) in [5.74, 6) is -2.11. The lowest BCUT2D eigenvalue weighted by molar-refractivity contribution is -0.118. The van der Waals surface area contributed by atoms with Crippen LogP contribution in [-0.4, -0.2) is 23.0 Å². The summed E-state index contributed by atoms with van der Waals surface area (Å²) in [5, 5.41) is 24.3. The van der Waals surface area contributed by atoms with E-state index in [9.17, 15) is 9.59 Å². The highest BCUT2D eigenvalue weighted by Gasteiger charge is 2.13. The Labute approximate surface area is 96.2 Å². The summed E-state index contributed by atoms with van der Waals surface area (Å²) in [6.45, 7) is 0. The highest BCUT2D eigenvalue weighted by atomic mass is 16.4. The van der Waals surface area contributed by atoms with Crippen LogP contribution in [0.25, 0.3) is 0 Å². The van der Waals surface area contributed by atoms with Gasteiger partial charge in [-0.1, -0.05) is 12.1 Å². The van der Waals surface area contributed by atoms with E-state index in [1.165, 1.54) is 24.3 Å². The van der Waals surface area contributed by atoms with Crippen molar-refractivity contribution in [2.75, 3.05) is 0 Å². The maximum absolute atomic E-state index is 10.8. The molecule has 0 aromatic heterocycles. The molecule has 0 unspecified atom stereocenters. The fourth-order valence-corrected chi connectivity index (χ4v) is 1.01. The number of nitrogens with two attached hydrogens (primary N) is 1. The molecule has 1 atom stereocenters. The standard InChI is InChI=1S/C10H8N4O3/c11-5-8(9(12)15)14-13-7-4-2-1-3-6(7)10(16)17/h1-4,8H,(H2,12,15)(H,16,17)/t8-/m0/s1. The number of azo groups is 1. The number of carbonyl (C=O) groups excluding carboxylic acids is 1. The Kier molecular flexibility index (Phi) is 3.89. The maximum Gasteiger partial charge on any atom is 0.337 e. The van der Waals surface area contributed by atoms with Gasteiger partial charge in [0.25, 0.3) is 5.91 Å². The second-order valence-corrected chi connectivity index (χ2v) is 2.97. The van der Waals surface area contributed by atoms with Gasteiger partial charge in [-0.05, 0) is 12.1 Å². The Morgan fingerprint density at radius 1 is 1.41 bits per heavy atom. The van der Waals surface area contributed by atoms with Crippen molar-refractivity contribution in [3.63, 3.8) is 0 Å². The molecule has 0 radical (unpaired) electrons. The first-order valence-corrected chi connectivity index (χ1v) is 4.48. The second-order valence-electron chi connectivity index (χ2n) is 2.97. The van der Waals surface area contributed by atoms with Crippen LogP contribution in [0.4, 0.5) is 5.69 Å². The third kappa shape index (κ3) is 3.10. The van der Waals surface area contributed by atoms with Crippen molar-refractivity contribution in [3.8, 4) is 6.07 Å². The van der Waals surface area contributed by atoms with Gasteiger partial charge in [0.15, 0.2) is 0 Å². The van der Waals surface area contributed by atoms with Gasteiger partial charge in [-0.15, -0.1) is 0 Å². The molecule has 0 aliphatic rings. The normalized spacial score (nSPS) is 11.9. The van der Waals surface area contributed by atoms with Crippen LogP contribution in [0, 0.1) is 11.3 Å². The van der Waals surface area contributed by atoms with E-state index in [2.05, 4.69) is 10.2 Å². The Hall–Kier alpha value is -2.75. The Bertz CT molecular complexity index is 519. The number of benzene rings is 1. The number of hydrogen-bond donors (Lipinski definition) is 2. The number of carbonyl (C=O) groups is 2. The number of hydrogen-bond acceptors (Lipinski definition) is 5. The van der Waals surface area contributed by atoms with Crippen LogP contribution < -0.4 is 5.73 Å². The smallest absolute Gasteiger partial charge is 0.337 e. The third-order valence-electron chi connectivity index (χ3n) is 1.81. The summed E-state index contributed by atoms with van der Waals surface area (Å²) in [6.07, 6.45) is 0. The predicted molar refractivity (Wildman–Crippen MR) is 56.5 cm³/mol. The molecule has 86 valence electrons. The Morgan fingerprint density at radius 2 is 2.06 bits per heavy atom. The minimum Gasteiger partial charge on any atom is -0.478 e. The fraction of sp³-hybridized carbons (Fsp3) is 0.100. The number of carboxylic acids is 1. The molecule has 0 heterocycles. The van der Waals surface area contributed by atoms with E-state index in [0.29, 0.717) is 0 Å². The largest absolute Gasteiger partial charge is 0.478 e. The molecule has 0 spiro atoms. The molecular formula is C10H8N4O3. The molecule has 0 saturated carbocycles. The van der Waals surface area contributed by atoms with Crippen molar-refractivity contribution in [1.29, 1.82) is 5.26 Å². The van der Waals surface area contributed by atoms with E-state index in [0.717, 1.165) is 0 Å². The van der Waals surface area contributed by atoms with E-state index in [1.54, 1.807) is 6.07 Å². The van der Waals surface area contributed by atoms with E-state index >= 15 is 0 Å². The quantitative estimate of drug-likeness (QED) is 0.745. The predicted octanol–water partition coefficient (Wildman–Crippen LogP) is 0.846. The zero-order valence-corrected chi connectivity index (χ0v) is 8.57. The van der Waals surface area contributed by atoms with Crippen molar-refractivity contribution < 1.29 is 14.7 Å². The first-order chi connectivity index (χ1) is 8.06. The molecule has 0 aliphatic carbocycles. The van der Waals surface area contributed by atoms with Gasteiger partial charge in [0.2, 0.25) is 6.04 Å². The number of nitrogens with zero attached hydrogens (tertiary/aromatic N) is 3. The van der Waals surface area contributed by atoms with Gasteiger partial charge < -0.3 is 10.8 Å². The van der Waals surface area contributed by atoms with Crippen molar-refractivity contribution in [3.05, 3.63) is 29.8 Å². The number of amides is 1. The monoisotopic (exact) mass is 232 g/mol. The maximum atomic E-state index is 10.8. The summed E-state index contributed by atoms with van der Waals surface area (Å²) < 4.78 is 0. The van der Waals surface area contributed by atoms with Crippen LogP contribution in [0.3, 0.4) is 0 Å². The fourth-order valence-electron chi connectivity index (χ4n) is 1.01. The van der Waals surface area contributed by atoms with Gasteiger partial charge in [-0.2, -0.15) is 15.5 Å². The number of rotatable bonds is 4. The van der Waals surface area contributed by atoms with Crippen molar-refractivity contribution in [2.45, 2.75) is 6.04 Å². The molecule has 1 rings (SSSR count). The highest BCUT2D eigenvalue weighted by Crippen LogP contribution is 2.19. The van der Waals surface area contributed by atoms with Crippen LogP contribution in [0.2, 0.25) is 0 Å². The van der Waals surface area contributed by atoms with E-state index in [1.807, 2.05) is 0 Å². The molecule has 0 fully saturated rings. The molecule has 7 nitrogen and oxygen atoms in total. The average Bonchev–Trinajstić information content (AvgIpc) is 2.29. The lowest BCUT2D eigenvalue weighted by atomic mass is 10.2. The molecule has 1 aromatic carbocycles. The molecule has 1 aromatic rings. The van der Waals surface area contributed by atoms with Crippen LogP contribution in [0.1, 0.15) is 10.4 Å². The van der Waals surface area contributed by atoms with Gasteiger partial charge >= 0.3 is 5.97 Å². The molecule has 7 heteroatoms. The zero-order chi connectivity index (χ0) is 12.8. The first-order valence-electron chi connectivity index (χ1n) is 4.48. The van der Waals surface area contributed by atoms with Gasteiger partial charge in [-0.25, -0.2) is 4.79 Å². The lowest BCUT2D eigenvalue weighted by Gasteiger charge is -1.99. The Morgan fingerprint density at radius 3 is 2.59 bits per heavy atom. The molecular weight excluding hydrogens is 224 g/mol. The van der Waals surface area contributed by atoms with E-state index < -0.39 is 17.9 Å². The number of carboxylic acid groups (broad SMARTS) is 1. The third-order valence-corrected chi connectivity index (χ3v) is 1.81. The van der Waals surface area contributed by atoms with Crippen LogP contribution in [0.5, 0.6) is 0 Å². The average molecular weight is 232 g/mol. The van der Waals surface area contributed by atoms with Gasteiger partial charge in [0.1, 0.15) is 6.07 Å². The summed E-state index contributed by atoms with van der Waals surface area (Å²) in [4.78, 5) is 21.5. The van der Waals surface area contributed by atoms with Gasteiger partial charge in [0, 0.05) is 0 Å². The lowest BCUT2D eigenvalue weighted by Crippen LogP contribution is -2.24. The topological polar surface area (TPSA) is 129 Å². The molecule has 1 amide bonds. The van der Waals surface area contributed by atoms with E-state index in [-0.39, 0.29) is 11.3 Å². The van der Waals surface area contributed by atoms with Gasteiger partial charge in [0.05, 0.1) is 11.3 Å². The zero-order valence-electron chi connectivity index (χ0n) is 8.57.